The van der Waals surface area contributed by atoms with Crippen molar-refractivity contribution in [2.75, 3.05) is 18.1 Å². The second-order valence-electron chi connectivity index (χ2n) is 4.41. The molecular weight excluding hydrogens is 226 g/mol. The Morgan fingerprint density at radius 3 is 2.88 bits per heavy atom. The Labute approximate surface area is 95.9 Å². The number of sulfone groups is 1. The van der Waals surface area contributed by atoms with Crippen molar-refractivity contribution < 1.29 is 12.8 Å². The van der Waals surface area contributed by atoms with Gasteiger partial charge in [0, 0.05) is 0 Å². The lowest BCUT2D eigenvalue weighted by Crippen LogP contribution is -2.23. The van der Waals surface area contributed by atoms with Gasteiger partial charge in [0.25, 0.3) is 0 Å². The van der Waals surface area contributed by atoms with Crippen LogP contribution in [-0.2, 0) is 16.4 Å². The molecule has 1 N–H and O–H groups in total. The average molecular weight is 243 g/mol. The van der Waals surface area contributed by atoms with E-state index in [1.165, 1.54) is 0 Å². The summed E-state index contributed by atoms with van der Waals surface area (Å²) in [5.41, 5.74) is 0. The topological polar surface area (TPSA) is 59.3 Å². The van der Waals surface area contributed by atoms with E-state index in [0.29, 0.717) is 18.1 Å². The first kappa shape index (κ1) is 11.7. The smallest absolute Gasteiger partial charge is 0.150 e. The van der Waals surface area contributed by atoms with Crippen LogP contribution in [0.5, 0.6) is 0 Å². The lowest BCUT2D eigenvalue weighted by molar-refractivity contribution is 0.443. The van der Waals surface area contributed by atoms with Gasteiger partial charge in [0.05, 0.1) is 18.1 Å². The van der Waals surface area contributed by atoms with Gasteiger partial charge in [0.2, 0.25) is 0 Å². The molecule has 1 aliphatic heterocycles. The van der Waals surface area contributed by atoms with Crippen LogP contribution in [0.1, 0.15) is 17.9 Å². The predicted molar refractivity (Wildman–Crippen MR) is 61.9 cm³/mol. The Kier molecular flexibility index (Phi) is 3.35. The molecule has 16 heavy (non-hydrogen) atoms. The normalized spacial score (nSPS) is 23.7. The molecule has 0 radical (unpaired) electrons. The maximum absolute atomic E-state index is 11.2. The van der Waals surface area contributed by atoms with Crippen LogP contribution in [-0.4, -0.2) is 26.5 Å². The molecule has 1 fully saturated rings. The minimum Gasteiger partial charge on any atom is -0.465 e. The number of aryl methyl sites for hydroxylation is 1. The third kappa shape index (κ3) is 3.09. The van der Waals surface area contributed by atoms with Crippen molar-refractivity contribution in [3.63, 3.8) is 0 Å². The van der Waals surface area contributed by atoms with Crippen LogP contribution in [0.15, 0.2) is 16.5 Å². The summed E-state index contributed by atoms with van der Waals surface area (Å²) in [5.74, 6) is 2.75. The summed E-state index contributed by atoms with van der Waals surface area (Å²) < 4.78 is 27.9. The third-order valence-electron chi connectivity index (χ3n) is 2.85. The summed E-state index contributed by atoms with van der Waals surface area (Å²) in [4.78, 5) is 0. The Morgan fingerprint density at radius 2 is 2.31 bits per heavy atom. The van der Waals surface area contributed by atoms with Crippen molar-refractivity contribution in [3.05, 3.63) is 23.7 Å². The monoisotopic (exact) mass is 243 g/mol. The molecule has 2 rings (SSSR count). The minimum atomic E-state index is -2.75. The van der Waals surface area contributed by atoms with E-state index in [0.717, 1.165) is 24.5 Å². The van der Waals surface area contributed by atoms with Crippen LogP contribution < -0.4 is 5.32 Å². The second kappa shape index (κ2) is 4.59. The van der Waals surface area contributed by atoms with E-state index in [1.807, 2.05) is 19.1 Å². The highest BCUT2D eigenvalue weighted by Crippen LogP contribution is 2.17. The molecule has 0 amide bonds. The number of hydrogen-bond acceptors (Lipinski definition) is 4. The quantitative estimate of drug-likeness (QED) is 0.860. The maximum Gasteiger partial charge on any atom is 0.150 e. The predicted octanol–water partition coefficient (Wildman–Crippen LogP) is 1.11. The zero-order valence-electron chi connectivity index (χ0n) is 9.40. The van der Waals surface area contributed by atoms with E-state index in [-0.39, 0.29) is 5.92 Å². The fourth-order valence-electron chi connectivity index (χ4n) is 2.01. The van der Waals surface area contributed by atoms with Gasteiger partial charge in [0.15, 0.2) is 9.84 Å². The largest absolute Gasteiger partial charge is 0.465 e. The highest BCUT2D eigenvalue weighted by atomic mass is 32.2. The molecule has 0 aromatic carbocycles. The highest BCUT2D eigenvalue weighted by molar-refractivity contribution is 7.91. The summed E-state index contributed by atoms with van der Waals surface area (Å²) in [6.45, 7) is 3.33. The Balaban J connectivity index is 1.73. The summed E-state index contributed by atoms with van der Waals surface area (Å²) in [5, 5.41) is 3.24. The molecule has 1 aromatic heterocycles. The van der Waals surface area contributed by atoms with Crippen LogP contribution in [0.2, 0.25) is 0 Å². The van der Waals surface area contributed by atoms with Crippen molar-refractivity contribution in [2.45, 2.75) is 19.9 Å². The number of hydrogen-bond donors (Lipinski definition) is 1. The van der Waals surface area contributed by atoms with Crippen LogP contribution in [0.25, 0.3) is 0 Å². The standard InChI is InChI=1S/C11H17NO3S/c1-9-2-3-11(15-9)7-12-6-10-4-5-16(13,14)8-10/h2-3,10,12H,4-8H2,1H3. The van der Waals surface area contributed by atoms with Crippen LogP contribution in [0.3, 0.4) is 0 Å². The Bertz CT molecular complexity index is 450. The Hall–Kier alpha value is -0.810. The van der Waals surface area contributed by atoms with Crippen LogP contribution in [0.4, 0.5) is 0 Å². The molecule has 1 saturated heterocycles. The zero-order chi connectivity index (χ0) is 11.6. The SMILES string of the molecule is Cc1ccc(CNCC2CCS(=O)(=O)C2)o1. The molecule has 90 valence electrons. The van der Waals surface area contributed by atoms with Gasteiger partial charge >= 0.3 is 0 Å². The summed E-state index contributed by atoms with van der Waals surface area (Å²) >= 11 is 0. The fraction of sp³-hybridized carbons (Fsp3) is 0.636. The summed E-state index contributed by atoms with van der Waals surface area (Å²) in [6.07, 6.45) is 0.784. The lowest BCUT2D eigenvalue weighted by Gasteiger charge is -2.07. The molecule has 1 aliphatic rings. The van der Waals surface area contributed by atoms with E-state index in [4.69, 9.17) is 4.42 Å². The van der Waals surface area contributed by atoms with E-state index in [9.17, 15) is 8.42 Å². The van der Waals surface area contributed by atoms with E-state index in [2.05, 4.69) is 5.32 Å². The van der Waals surface area contributed by atoms with E-state index in [1.54, 1.807) is 0 Å². The maximum atomic E-state index is 11.2. The zero-order valence-corrected chi connectivity index (χ0v) is 10.2. The molecule has 1 unspecified atom stereocenters. The van der Waals surface area contributed by atoms with Gasteiger partial charge in [-0.15, -0.1) is 0 Å². The van der Waals surface area contributed by atoms with Crippen molar-refractivity contribution >= 4 is 9.84 Å². The minimum absolute atomic E-state index is 0.265. The van der Waals surface area contributed by atoms with Crippen molar-refractivity contribution in [1.82, 2.24) is 5.32 Å². The lowest BCUT2D eigenvalue weighted by atomic mass is 10.1. The first-order valence-electron chi connectivity index (χ1n) is 5.52. The van der Waals surface area contributed by atoms with Crippen LogP contribution in [0, 0.1) is 12.8 Å². The van der Waals surface area contributed by atoms with Gasteiger partial charge in [-0.2, -0.15) is 0 Å². The van der Waals surface area contributed by atoms with E-state index < -0.39 is 9.84 Å². The third-order valence-corrected chi connectivity index (χ3v) is 4.69. The first-order chi connectivity index (χ1) is 7.55. The second-order valence-corrected chi connectivity index (χ2v) is 6.64. The van der Waals surface area contributed by atoms with Gasteiger partial charge in [-0.25, -0.2) is 8.42 Å². The summed E-state index contributed by atoms with van der Waals surface area (Å²) in [7, 11) is -2.75. The first-order valence-corrected chi connectivity index (χ1v) is 7.34. The average Bonchev–Trinajstić information content (AvgIpc) is 2.73. The van der Waals surface area contributed by atoms with Gasteiger partial charge in [0.1, 0.15) is 11.5 Å². The van der Waals surface area contributed by atoms with Gasteiger partial charge < -0.3 is 9.73 Å². The number of rotatable bonds is 4. The molecule has 1 aromatic rings. The van der Waals surface area contributed by atoms with Crippen molar-refractivity contribution in [3.8, 4) is 0 Å². The van der Waals surface area contributed by atoms with Crippen molar-refractivity contribution in [2.24, 2.45) is 5.92 Å². The highest BCUT2D eigenvalue weighted by Gasteiger charge is 2.27. The molecule has 0 saturated carbocycles. The molecule has 5 heteroatoms. The molecule has 4 nitrogen and oxygen atoms in total. The molecule has 0 spiro atoms. The molecule has 2 heterocycles. The van der Waals surface area contributed by atoms with Crippen molar-refractivity contribution in [1.29, 1.82) is 0 Å². The van der Waals surface area contributed by atoms with E-state index >= 15 is 0 Å². The Morgan fingerprint density at radius 1 is 1.50 bits per heavy atom. The summed E-state index contributed by atoms with van der Waals surface area (Å²) in [6, 6.07) is 3.87. The fourth-order valence-corrected chi connectivity index (χ4v) is 3.87. The van der Waals surface area contributed by atoms with Gasteiger partial charge in [-0.1, -0.05) is 0 Å². The van der Waals surface area contributed by atoms with Crippen LogP contribution >= 0.6 is 0 Å². The van der Waals surface area contributed by atoms with Gasteiger partial charge in [-0.3, -0.25) is 0 Å². The molecular formula is C11H17NO3S. The molecule has 0 aliphatic carbocycles. The molecule has 0 bridgehead atoms. The number of nitrogens with one attached hydrogen (secondary N) is 1. The number of furan rings is 1. The molecule has 1 atom stereocenters. The van der Waals surface area contributed by atoms with Gasteiger partial charge in [-0.05, 0) is 37.9 Å².